The smallest absolute Gasteiger partial charge is 0.101 e. The number of aliphatic hydroxyl groups is 1. The van der Waals surface area contributed by atoms with Crippen molar-refractivity contribution >= 4 is 11.3 Å². The lowest BCUT2D eigenvalue weighted by Crippen LogP contribution is -2.24. The third kappa shape index (κ3) is 1.84. The molecule has 4 rings (SSSR count). The van der Waals surface area contributed by atoms with Crippen molar-refractivity contribution in [2.75, 3.05) is 0 Å². The average Bonchev–Trinajstić information content (AvgIpc) is 2.72. The highest BCUT2D eigenvalue weighted by Crippen LogP contribution is 2.47. The normalized spacial score (nSPS) is 26.6. The van der Waals surface area contributed by atoms with Gasteiger partial charge in [-0.2, -0.15) is 0 Å². The number of benzene rings is 1. The lowest BCUT2D eigenvalue weighted by molar-refractivity contribution is 0.102. The summed E-state index contributed by atoms with van der Waals surface area (Å²) in [5.74, 6) is 0.456. The predicted molar refractivity (Wildman–Crippen MR) is 81.2 cm³/mol. The quantitative estimate of drug-likeness (QED) is 0.863. The van der Waals surface area contributed by atoms with Crippen molar-refractivity contribution in [2.45, 2.75) is 45.1 Å². The van der Waals surface area contributed by atoms with Crippen LogP contribution in [0.4, 0.5) is 0 Å². The number of aromatic nitrogens is 1. The summed E-state index contributed by atoms with van der Waals surface area (Å²) in [6.45, 7) is 4.44. The second kappa shape index (κ2) is 4.15. The first-order chi connectivity index (χ1) is 9.53. The summed E-state index contributed by atoms with van der Waals surface area (Å²) in [7, 11) is 0. The first-order valence-electron chi connectivity index (χ1n) is 7.29. The molecule has 0 fully saturated rings. The lowest BCUT2D eigenvalue weighted by Gasteiger charge is -2.31. The topological polar surface area (TPSA) is 33.1 Å². The zero-order valence-electron chi connectivity index (χ0n) is 11.9. The van der Waals surface area contributed by atoms with Crippen LogP contribution in [-0.4, -0.2) is 10.1 Å². The highest BCUT2D eigenvalue weighted by atomic mass is 32.1. The van der Waals surface area contributed by atoms with Gasteiger partial charge in [0.25, 0.3) is 0 Å². The first kappa shape index (κ1) is 12.5. The molecule has 20 heavy (non-hydrogen) atoms. The van der Waals surface area contributed by atoms with Gasteiger partial charge in [0.1, 0.15) is 5.01 Å². The van der Waals surface area contributed by atoms with Crippen molar-refractivity contribution in [2.24, 2.45) is 5.41 Å². The van der Waals surface area contributed by atoms with Crippen LogP contribution in [0.15, 0.2) is 24.3 Å². The van der Waals surface area contributed by atoms with Crippen LogP contribution in [0.1, 0.15) is 59.0 Å². The molecule has 0 saturated heterocycles. The van der Waals surface area contributed by atoms with Gasteiger partial charge in [-0.25, -0.2) is 4.98 Å². The van der Waals surface area contributed by atoms with Crippen LogP contribution in [0.25, 0.3) is 0 Å². The highest BCUT2D eigenvalue weighted by Gasteiger charge is 2.37. The maximum Gasteiger partial charge on any atom is 0.101 e. The molecule has 3 heteroatoms. The standard InChI is InChI=1S/C17H19NOS/c1-17(2)8-13-15(14(19)9-17)20-16(18-13)12-7-10-5-3-4-6-11(10)12/h3-6,12,14,19H,7-9H2,1-2H3. The number of rotatable bonds is 1. The van der Waals surface area contributed by atoms with Crippen molar-refractivity contribution in [1.29, 1.82) is 0 Å². The van der Waals surface area contributed by atoms with Gasteiger partial charge < -0.3 is 5.11 Å². The van der Waals surface area contributed by atoms with E-state index in [0.717, 1.165) is 29.8 Å². The van der Waals surface area contributed by atoms with E-state index >= 15 is 0 Å². The third-order valence-corrected chi connectivity index (χ3v) is 5.90. The molecule has 2 aliphatic rings. The number of aliphatic hydroxyl groups excluding tert-OH is 1. The Hall–Kier alpha value is -1.19. The minimum absolute atomic E-state index is 0.162. The molecule has 0 spiro atoms. The molecule has 0 amide bonds. The third-order valence-electron chi connectivity index (χ3n) is 4.59. The van der Waals surface area contributed by atoms with Crippen molar-refractivity contribution < 1.29 is 5.11 Å². The Balaban J connectivity index is 1.70. The molecule has 0 bridgehead atoms. The Morgan fingerprint density at radius 1 is 1.30 bits per heavy atom. The van der Waals surface area contributed by atoms with Gasteiger partial charge in [0, 0.05) is 5.92 Å². The molecule has 2 unspecified atom stereocenters. The molecule has 1 aromatic carbocycles. The average molecular weight is 285 g/mol. The van der Waals surface area contributed by atoms with E-state index in [4.69, 9.17) is 4.98 Å². The fourth-order valence-electron chi connectivity index (χ4n) is 3.54. The van der Waals surface area contributed by atoms with Crippen molar-refractivity contribution in [3.05, 3.63) is 51.0 Å². The maximum atomic E-state index is 10.3. The highest BCUT2D eigenvalue weighted by molar-refractivity contribution is 7.12. The number of hydrogen-bond donors (Lipinski definition) is 1. The molecular formula is C17H19NOS. The second-order valence-electron chi connectivity index (χ2n) is 6.88. The van der Waals surface area contributed by atoms with E-state index < -0.39 is 0 Å². The predicted octanol–water partition coefficient (Wildman–Crippen LogP) is 3.84. The number of hydrogen-bond acceptors (Lipinski definition) is 3. The molecule has 2 aliphatic carbocycles. The lowest BCUT2D eigenvalue weighted by atomic mass is 9.77. The van der Waals surface area contributed by atoms with Gasteiger partial charge in [0.2, 0.25) is 0 Å². The molecule has 2 aromatic rings. The number of fused-ring (bicyclic) bond motifs is 2. The Bertz CT molecular complexity index is 673. The van der Waals surface area contributed by atoms with E-state index in [9.17, 15) is 5.11 Å². The van der Waals surface area contributed by atoms with Crippen molar-refractivity contribution in [3.63, 3.8) is 0 Å². The Morgan fingerprint density at radius 3 is 2.90 bits per heavy atom. The van der Waals surface area contributed by atoms with Crippen LogP contribution in [0.2, 0.25) is 0 Å². The molecule has 2 nitrogen and oxygen atoms in total. The Labute approximate surface area is 123 Å². The summed E-state index contributed by atoms with van der Waals surface area (Å²) in [5.41, 5.74) is 4.17. The monoisotopic (exact) mass is 285 g/mol. The summed E-state index contributed by atoms with van der Waals surface area (Å²) in [5, 5.41) is 11.5. The fourth-order valence-corrected chi connectivity index (χ4v) is 4.73. The van der Waals surface area contributed by atoms with Gasteiger partial charge in [0.05, 0.1) is 16.7 Å². The minimum Gasteiger partial charge on any atom is -0.387 e. The Kier molecular flexibility index (Phi) is 2.60. The van der Waals surface area contributed by atoms with E-state index in [1.54, 1.807) is 11.3 Å². The van der Waals surface area contributed by atoms with E-state index in [2.05, 4.69) is 38.1 Å². The van der Waals surface area contributed by atoms with Crippen LogP contribution in [0.5, 0.6) is 0 Å². The van der Waals surface area contributed by atoms with Crippen molar-refractivity contribution in [1.82, 2.24) is 4.98 Å². The molecule has 1 N–H and O–H groups in total. The summed E-state index contributed by atoms with van der Waals surface area (Å²) in [6, 6.07) is 8.63. The van der Waals surface area contributed by atoms with Crippen LogP contribution < -0.4 is 0 Å². The molecule has 1 heterocycles. The van der Waals surface area contributed by atoms with E-state index in [1.807, 2.05) is 0 Å². The van der Waals surface area contributed by atoms with Gasteiger partial charge in [-0.05, 0) is 35.8 Å². The fraction of sp³-hybridized carbons (Fsp3) is 0.471. The summed E-state index contributed by atoms with van der Waals surface area (Å²) in [4.78, 5) is 5.99. The largest absolute Gasteiger partial charge is 0.387 e. The summed E-state index contributed by atoms with van der Waals surface area (Å²) >= 11 is 1.73. The number of nitrogens with zero attached hydrogens (tertiary/aromatic N) is 1. The molecule has 2 atom stereocenters. The van der Waals surface area contributed by atoms with Gasteiger partial charge in [-0.15, -0.1) is 11.3 Å². The molecule has 0 aliphatic heterocycles. The van der Waals surface area contributed by atoms with Crippen LogP contribution >= 0.6 is 11.3 Å². The van der Waals surface area contributed by atoms with Crippen LogP contribution in [-0.2, 0) is 12.8 Å². The zero-order valence-corrected chi connectivity index (χ0v) is 12.7. The number of thiazole rings is 1. The van der Waals surface area contributed by atoms with Gasteiger partial charge >= 0.3 is 0 Å². The van der Waals surface area contributed by atoms with Gasteiger partial charge in [-0.3, -0.25) is 0 Å². The molecule has 0 saturated carbocycles. The summed E-state index contributed by atoms with van der Waals surface area (Å²) in [6.07, 6.45) is 2.62. The minimum atomic E-state index is -0.324. The van der Waals surface area contributed by atoms with E-state index in [0.29, 0.717) is 5.92 Å². The SMILES string of the molecule is CC1(C)Cc2nc(C3Cc4ccccc43)sc2C(O)C1. The van der Waals surface area contributed by atoms with Gasteiger partial charge in [-0.1, -0.05) is 38.1 Å². The molecule has 0 radical (unpaired) electrons. The zero-order chi connectivity index (χ0) is 13.9. The van der Waals surface area contributed by atoms with E-state index in [-0.39, 0.29) is 11.5 Å². The van der Waals surface area contributed by atoms with Crippen LogP contribution in [0.3, 0.4) is 0 Å². The van der Waals surface area contributed by atoms with E-state index in [1.165, 1.54) is 16.1 Å². The van der Waals surface area contributed by atoms with Gasteiger partial charge in [0.15, 0.2) is 0 Å². The molecule has 104 valence electrons. The Morgan fingerprint density at radius 2 is 2.10 bits per heavy atom. The first-order valence-corrected chi connectivity index (χ1v) is 8.10. The maximum absolute atomic E-state index is 10.3. The summed E-state index contributed by atoms with van der Waals surface area (Å²) < 4.78 is 0. The van der Waals surface area contributed by atoms with Crippen LogP contribution in [0, 0.1) is 5.41 Å². The van der Waals surface area contributed by atoms with Crippen molar-refractivity contribution in [3.8, 4) is 0 Å². The molecule has 1 aromatic heterocycles. The molecular weight excluding hydrogens is 266 g/mol. The second-order valence-corrected chi connectivity index (χ2v) is 7.94.